The van der Waals surface area contributed by atoms with Gasteiger partial charge in [0.25, 0.3) is 0 Å². The molecule has 4 nitrogen and oxygen atoms in total. The van der Waals surface area contributed by atoms with E-state index in [1.807, 2.05) is 13.0 Å². The molecule has 4 heteroatoms. The van der Waals surface area contributed by atoms with E-state index in [0.717, 1.165) is 31.3 Å². The second-order valence-electron chi connectivity index (χ2n) is 9.66. The average Bonchev–Trinajstić information content (AvgIpc) is 2.86. The van der Waals surface area contributed by atoms with Crippen molar-refractivity contribution in [3.8, 4) is 0 Å². The van der Waals surface area contributed by atoms with Gasteiger partial charge in [0.1, 0.15) is 6.61 Å². The van der Waals surface area contributed by atoms with Crippen LogP contribution >= 0.6 is 0 Å². The summed E-state index contributed by atoms with van der Waals surface area (Å²) in [4.78, 5) is 24.4. The molecule has 4 rings (SSSR count). The number of aliphatic hydroxyl groups excluding tert-OH is 2. The Hall–Kier alpha value is -1.26. The zero-order chi connectivity index (χ0) is 18.9. The van der Waals surface area contributed by atoms with Crippen molar-refractivity contribution >= 4 is 11.6 Å². The molecular weight excluding hydrogens is 328 g/mol. The van der Waals surface area contributed by atoms with E-state index in [-0.39, 0.29) is 28.3 Å². The minimum Gasteiger partial charge on any atom is -0.393 e. The molecular formula is C22H30O4. The van der Waals surface area contributed by atoms with Crippen molar-refractivity contribution in [2.24, 2.45) is 34.0 Å². The second-order valence-corrected chi connectivity index (χ2v) is 9.66. The van der Waals surface area contributed by atoms with Gasteiger partial charge < -0.3 is 10.2 Å². The number of allylic oxidation sites excluding steroid dienone is 4. The molecule has 2 N–H and O–H groups in total. The number of rotatable bonds is 2. The Bertz CT molecular complexity index is 722. The topological polar surface area (TPSA) is 74.6 Å². The molecule has 0 heterocycles. The lowest BCUT2D eigenvalue weighted by Crippen LogP contribution is -2.58. The van der Waals surface area contributed by atoms with Crippen LogP contribution in [0.2, 0.25) is 0 Å². The number of hydrogen-bond acceptors (Lipinski definition) is 4. The highest BCUT2D eigenvalue weighted by Crippen LogP contribution is 2.69. The van der Waals surface area contributed by atoms with Gasteiger partial charge in [0, 0.05) is 16.7 Å². The van der Waals surface area contributed by atoms with Crippen LogP contribution in [0, 0.1) is 34.0 Å². The maximum absolute atomic E-state index is 12.6. The van der Waals surface area contributed by atoms with Crippen molar-refractivity contribution < 1.29 is 19.8 Å². The molecule has 0 amide bonds. The molecule has 3 fully saturated rings. The van der Waals surface area contributed by atoms with Gasteiger partial charge in [-0.3, -0.25) is 9.59 Å². The third-order valence-electron chi connectivity index (χ3n) is 8.86. The third kappa shape index (κ3) is 2.09. The first kappa shape index (κ1) is 18.1. The molecule has 4 aliphatic carbocycles. The van der Waals surface area contributed by atoms with Crippen LogP contribution in [0.15, 0.2) is 23.8 Å². The lowest BCUT2D eigenvalue weighted by Gasteiger charge is -2.60. The Labute approximate surface area is 155 Å². The fourth-order valence-corrected chi connectivity index (χ4v) is 7.20. The van der Waals surface area contributed by atoms with Crippen LogP contribution in [0.5, 0.6) is 0 Å². The summed E-state index contributed by atoms with van der Waals surface area (Å²) in [7, 11) is 0. The number of aliphatic hydroxyl groups is 2. The molecule has 0 spiro atoms. The summed E-state index contributed by atoms with van der Waals surface area (Å²) in [6.07, 6.45) is 9.14. The molecule has 0 radical (unpaired) electrons. The molecule has 0 unspecified atom stereocenters. The van der Waals surface area contributed by atoms with E-state index in [4.69, 9.17) is 0 Å². The Balaban J connectivity index is 1.75. The molecule has 3 saturated carbocycles. The van der Waals surface area contributed by atoms with Crippen LogP contribution in [0.1, 0.15) is 52.9 Å². The zero-order valence-electron chi connectivity index (χ0n) is 16.0. The summed E-state index contributed by atoms with van der Waals surface area (Å²) in [5.41, 5.74) is 0.0471. The maximum atomic E-state index is 12.6. The number of carbonyl (C=O) groups excluding carboxylic acids is 2. The van der Waals surface area contributed by atoms with Crippen LogP contribution in [0.3, 0.4) is 0 Å². The standard InChI is InChI=1S/C22H30O4/c1-20-8-6-14(24)10-13(20)4-5-15-16-7-9-21(2,18(26)12-23)22(16,3)11-17(25)19(15)20/h6,8,10,15-17,19,23,25H,4-5,7,9,11-12H2,1-3H3/t15-,16-,17-,19+,20-,21+,22-/m0/s1. The molecule has 0 bridgehead atoms. The van der Waals surface area contributed by atoms with Crippen LogP contribution in [0.25, 0.3) is 0 Å². The molecule has 0 aromatic carbocycles. The van der Waals surface area contributed by atoms with Crippen molar-refractivity contribution in [3.63, 3.8) is 0 Å². The monoisotopic (exact) mass is 358 g/mol. The number of hydrogen-bond donors (Lipinski definition) is 2. The van der Waals surface area contributed by atoms with Crippen molar-refractivity contribution in [1.82, 2.24) is 0 Å². The first-order valence-corrected chi connectivity index (χ1v) is 9.94. The highest BCUT2D eigenvalue weighted by atomic mass is 16.3. The maximum Gasteiger partial charge on any atom is 0.178 e. The largest absolute Gasteiger partial charge is 0.393 e. The van der Waals surface area contributed by atoms with E-state index in [1.54, 1.807) is 12.2 Å². The zero-order valence-corrected chi connectivity index (χ0v) is 16.0. The van der Waals surface area contributed by atoms with E-state index in [9.17, 15) is 19.8 Å². The molecule has 4 aliphatic rings. The van der Waals surface area contributed by atoms with Crippen molar-refractivity contribution in [2.45, 2.75) is 59.0 Å². The van der Waals surface area contributed by atoms with Gasteiger partial charge >= 0.3 is 0 Å². The van der Waals surface area contributed by atoms with Gasteiger partial charge in [-0.05, 0) is 61.5 Å². The molecule has 7 atom stereocenters. The van der Waals surface area contributed by atoms with Gasteiger partial charge in [-0.2, -0.15) is 0 Å². The summed E-state index contributed by atoms with van der Waals surface area (Å²) in [5, 5.41) is 20.8. The second kappa shape index (κ2) is 5.62. The smallest absolute Gasteiger partial charge is 0.178 e. The molecule has 26 heavy (non-hydrogen) atoms. The van der Waals surface area contributed by atoms with Crippen molar-refractivity contribution in [3.05, 3.63) is 23.8 Å². The SMILES string of the molecule is C[C@]12C=CC(=O)C=C1CC[C@@H]1[C@@H]2[C@@H](O)C[C@@]2(C)[C@H]1CC[C@]2(C)C(=O)CO. The molecule has 0 aromatic heterocycles. The van der Waals surface area contributed by atoms with Crippen LogP contribution < -0.4 is 0 Å². The average molecular weight is 358 g/mol. The third-order valence-corrected chi connectivity index (χ3v) is 8.86. The summed E-state index contributed by atoms with van der Waals surface area (Å²) in [6, 6.07) is 0. The number of ketones is 2. The van der Waals surface area contributed by atoms with E-state index in [2.05, 4.69) is 13.8 Å². The lowest BCUT2D eigenvalue weighted by molar-refractivity contribution is -0.155. The van der Waals surface area contributed by atoms with Crippen LogP contribution in [0.4, 0.5) is 0 Å². The Morgan fingerprint density at radius 2 is 2.00 bits per heavy atom. The minimum absolute atomic E-state index is 0.0491. The van der Waals surface area contributed by atoms with Gasteiger partial charge in [0.2, 0.25) is 0 Å². The number of fused-ring (bicyclic) bond motifs is 5. The Morgan fingerprint density at radius 1 is 1.27 bits per heavy atom. The van der Waals surface area contributed by atoms with E-state index >= 15 is 0 Å². The Morgan fingerprint density at radius 3 is 2.69 bits per heavy atom. The van der Waals surface area contributed by atoms with Crippen LogP contribution in [-0.4, -0.2) is 34.5 Å². The quantitative estimate of drug-likeness (QED) is 0.796. The first-order valence-electron chi connectivity index (χ1n) is 9.94. The molecule has 0 saturated heterocycles. The van der Waals surface area contributed by atoms with E-state index in [1.165, 1.54) is 0 Å². The predicted octanol–water partition coefficient (Wildman–Crippen LogP) is 2.83. The van der Waals surface area contributed by atoms with E-state index in [0.29, 0.717) is 18.3 Å². The highest BCUT2D eigenvalue weighted by molar-refractivity contribution is 6.01. The molecule has 142 valence electrons. The van der Waals surface area contributed by atoms with Crippen LogP contribution in [-0.2, 0) is 9.59 Å². The van der Waals surface area contributed by atoms with Gasteiger partial charge in [0.15, 0.2) is 11.6 Å². The van der Waals surface area contributed by atoms with Crippen molar-refractivity contribution in [1.29, 1.82) is 0 Å². The fraction of sp³-hybridized carbons (Fsp3) is 0.727. The van der Waals surface area contributed by atoms with Gasteiger partial charge in [0.05, 0.1) is 6.10 Å². The molecule has 0 aromatic rings. The Kier molecular flexibility index (Phi) is 3.92. The van der Waals surface area contributed by atoms with Gasteiger partial charge in [-0.25, -0.2) is 0 Å². The number of carbonyl (C=O) groups is 2. The lowest BCUT2D eigenvalue weighted by atomic mass is 9.45. The van der Waals surface area contributed by atoms with E-state index < -0.39 is 18.1 Å². The minimum atomic E-state index is -0.562. The predicted molar refractivity (Wildman–Crippen MR) is 98.2 cm³/mol. The fourth-order valence-electron chi connectivity index (χ4n) is 7.20. The molecule has 0 aliphatic heterocycles. The van der Waals surface area contributed by atoms with Crippen molar-refractivity contribution in [2.75, 3.05) is 6.61 Å². The number of Topliss-reactive ketones (excluding diaryl/α,β-unsaturated/α-hetero) is 1. The van der Waals surface area contributed by atoms with Gasteiger partial charge in [-0.15, -0.1) is 0 Å². The first-order chi connectivity index (χ1) is 12.2. The van der Waals surface area contributed by atoms with Gasteiger partial charge in [-0.1, -0.05) is 32.4 Å². The normalized spacial score (nSPS) is 49.9. The summed E-state index contributed by atoms with van der Waals surface area (Å²) in [5.74, 6) is 0.779. The highest BCUT2D eigenvalue weighted by Gasteiger charge is 2.66. The summed E-state index contributed by atoms with van der Waals surface area (Å²) >= 11 is 0. The summed E-state index contributed by atoms with van der Waals surface area (Å²) < 4.78 is 0. The summed E-state index contributed by atoms with van der Waals surface area (Å²) in [6.45, 7) is 5.90.